The normalized spacial score (nSPS) is 28.3. The molecule has 22 heavy (non-hydrogen) atoms. The van der Waals surface area contributed by atoms with E-state index in [2.05, 4.69) is 21.5 Å². The zero-order valence-electron chi connectivity index (χ0n) is 11.7. The largest absolute Gasteiger partial charge is 0.394 e. The van der Waals surface area contributed by atoms with Gasteiger partial charge in [-0.05, 0) is 0 Å². The quantitative estimate of drug-likeness (QED) is 0.514. The van der Waals surface area contributed by atoms with Crippen LogP contribution in [-0.2, 0) is 11.2 Å². The maximum Gasteiger partial charge on any atom is 0.167 e. The lowest BCUT2D eigenvalue weighted by atomic mass is 10.1. The molecule has 0 bridgehead atoms. The van der Waals surface area contributed by atoms with E-state index in [0.717, 1.165) is 0 Å². The van der Waals surface area contributed by atoms with Crippen molar-refractivity contribution >= 4 is 17.0 Å². The van der Waals surface area contributed by atoms with E-state index in [1.165, 1.54) is 10.9 Å². The fraction of sp³-hybridized carbons (Fsp3) is 0.462. The van der Waals surface area contributed by atoms with Crippen LogP contribution in [0.4, 0.5) is 5.82 Å². The summed E-state index contributed by atoms with van der Waals surface area (Å²) in [7, 11) is 0. The van der Waals surface area contributed by atoms with Crippen LogP contribution in [0.3, 0.4) is 0 Å². The molecule has 0 aliphatic carbocycles. The van der Waals surface area contributed by atoms with Crippen LogP contribution >= 0.6 is 0 Å². The minimum Gasteiger partial charge on any atom is -0.394 e. The standard InChI is InChI=1S/C13H17N5O4/c1-2-3-7-16-11(14)8-12(17-7)18(5-15-8)13-10(21)9(20)6(4-19)22-13/h2,5-6,9-10,13,19-21H,1,3-4H2,(H2,14,16,17)/t6-,9-,10-,13-/m1/s1. The number of aromatic nitrogens is 4. The van der Waals surface area contributed by atoms with Gasteiger partial charge in [-0.1, -0.05) is 6.08 Å². The smallest absolute Gasteiger partial charge is 0.167 e. The third-order valence-corrected chi connectivity index (χ3v) is 3.61. The number of fused-ring (bicyclic) bond motifs is 1. The minimum absolute atomic E-state index is 0.215. The fourth-order valence-electron chi connectivity index (χ4n) is 2.50. The molecule has 9 nitrogen and oxygen atoms in total. The molecule has 0 saturated carbocycles. The SMILES string of the molecule is C=CCc1nc(N)c2ncn([C@@H]3O[C@H](CO)[C@@H](O)[C@H]3O)c2n1. The number of hydrogen-bond acceptors (Lipinski definition) is 8. The summed E-state index contributed by atoms with van der Waals surface area (Å²) in [6.45, 7) is 3.22. The highest BCUT2D eigenvalue weighted by molar-refractivity contribution is 5.81. The molecule has 1 saturated heterocycles. The summed E-state index contributed by atoms with van der Waals surface area (Å²) in [6.07, 6.45) is -0.705. The van der Waals surface area contributed by atoms with Crippen molar-refractivity contribution in [3.05, 3.63) is 24.8 Å². The van der Waals surface area contributed by atoms with E-state index in [9.17, 15) is 10.2 Å². The van der Waals surface area contributed by atoms with Crippen LogP contribution in [-0.4, -0.2) is 59.8 Å². The molecule has 0 aromatic carbocycles. The van der Waals surface area contributed by atoms with Crippen molar-refractivity contribution in [2.45, 2.75) is 31.0 Å². The van der Waals surface area contributed by atoms with Crippen molar-refractivity contribution < 1.29 is 20.1 Å². The van der Waals surface area contributed by atoms with Gasteiger partial charge >= 0.3 is 0 Å². The summed E-state index contributed by atoms with van der Waals surface area (Å²) < 4.78 is 6.95. The number of allylic oxidation sites excluding steroid dienone is 1. The Labute approximate surface area is 125 Å². The molecule has 9 heteroatoms. The van der Waals surface area contributed by atoms with Crippen molar-refractivity contribution in [1.82, 2.24) is 19.5 Å². The average molecular weight is 307 g/mol. The van der Waals surface area contributed by atoms with Gasteiger partial charge in [0, 0.05) is 6.42 Å². The van der Waals surface area contributed by atoms with Crippen LogP contribution in [0.15, 0.2) is 19.0 Å². The second kappa shape index (κ2) is 5.61. The maximum absolute atomic E-state index is 10.1. The van der Waals surface area contributed by atoms with Crippen molar-refractivity contribution in [2.75, 3.05) is 12.3 Å². The lowest BCUT2D eigenvalue weighted by Crippen LogP contribution is -2.33. The second-order valence-corrected chi connectivity index (χ2v) is 5.07. The van der Waals surface area contributed by atoms with Gasteiger partial charge in [0.1, 0.15) is 29.7 Å². The minimum atomic E-state index is -1.21. The van der Waals surface area contributed by atoms with E-state index in [0.29, 0.717) is 23.4 Å². The second-order valence-electron chi connectivity index (χ2n) is 5.07. The number of nitrogens with zero attached hydrogens (tertiary/aromatic N) is 4. The van der Waals surface area contributed by atoms with Crippen LogP contribution in [0.2, 0.25) is 0 Å². The number of ether oxygens (including phenoxy) is 1. The Morgan fingerprint density at radius 2 is 2.14 bits per heavy atom. The number of rotatable bonds is 4. The van der Waals surface area contributed by atoms with Crippen LogP contribution in [0.5, 0.6) is 0 Å². The summed E-state index contributed by atoms with van der Waals surface area (Å²) in [5.74, 6) is 0.681. The highest BCUT2D eigenvalue weighted by Gasteiger charge is 2.44. The van der Waals surface area contributed by atoms with E-state index in [4.69, 9.17) is 15.6 Å². The monoisotopic (exact) mass is 307 g/mol. The van der Waals surface area contributed by atoms with Gasteiger partial charge < -0.3 is 25.8 Å². The Bertz CT molecular complexity index is 703. The van der Waals surface area contributed by atoms with Crippen LogP contribution in [0.25, 0.3) is 11.2 Å². The topological polar surface area (TPSA) is 140 Å². The van der Waals surface area contributed by atoms with Gasteiger partial charge in [0.15, 0.2) is 17.7 Å². The first-order chi connectivity index (χ1) is 10.6. The molecule has 0 spiro atoms. The van der Waals surface area contributed by atoms with E-state index in [1.807, 2.05) is 0 Å². The van der Waals surface area contributed by atoms with Crippen molar-refractivity contribution in [3.63, 3.8) is 0 Å². The zero-order chi connectivity index (χ0) is 15.9. The van der Waals surface area contributed by atoms with Gasteiger partial charge in [-0.3, -0.25) is 4.57 Å². The summed E-state index contributed by atoms with van der Waals surface area (Å²) in [4.78, 5) is 12.6. The molecule has 118 valence electrons. The molecule has 1 aliphatic heterocycles. The number of nitrogens with two attached hydrogens (primary N) is 1. The average Bonchev–Trinajstić information content (AvgIpc) is 3.03. The molecule has 5 N–H and O–H groups in total. The Kier molecular flexibility index (Phi) is 3.79. The number of hydrogen-bond donors (Lipinski definition) is 4. The van der Waals surface area contributed by atoms with Crippen LogP contribution in [0, 0.1) is 0 Å². The maximum atomic E-state index is 10.1. The summed E-state index contributed by atoms with van der Waals surface area (Å²) in [5.41, 5.74) is 6.63. The molecule has 4 atom stereocenters. The highest BCUT2D eigenvalue weighted by atomic mass is 16.6. The zero-order valence-corrected chi connectivity index (χ0v) is 11.7. The number of nitrogen functional groups attached to an aromatic ring is 1. The van der Waals surface area contributed by atoms with E-state index in [1.54, 1.807) is 6.08 Å². The van der Waals surface area contributed by atoms with E-state index >= 15 is 0 Å². The molecule has 0 radical (unpaired) electrons. The van der Waals surface area contributed by atoms with Crippen molar-refractivity contribution in [3.8, 4) is 0 Å². The predicted molar refractivity (Wildman–Crippen MR) is 76.6 cm³/mol. The van der Waals surface area contributed by atoms with Crippen molar-refractivity contribution in [1.29, 1.82) is 0 Å². The van der Waals surface area contributed by atoms with Gasteiger partial charge in [-0.15, -0.1) is 6.58 Å². The summed E-state index contributed by atoms with van der Waals surface area (Å²) in [6, 6.07) is 0. The first kappa shape index (κ1) is 14.9. The summed E-state index contributed by atoms with van der Waals surface area (Å²) in [5, 5.41) is 29.1. The molecule has 2 aromatic rings. The Morgan fingerprint density at radius 1 is 1.36 bits per heavy atom. The summed E-state index contributed by atoms with van der Waals surface area (Å²) >= 11 is 0. The molecule has 1 fully saturated rings. The third kappa shape index (κ3) is 2.24. The molecule has 3 heterocycles. The van der Waals surface area contributed by atoms with Gasteiger partial charge in [0.25, 0.3) is 0 Å². The van der Waals surface area contributed by atoms with E-state index in [-0.39, 0.29) is 5.82 Å². The molecule has 0 unspecified atom stereocenters. The van der Waals surface area contributed by atoms with Gasteiger partial charge in [0.05, 0.1) is 12.9 Å². The van der Waals surface area contributed by atoms with Crippen molar-refractivity contribution in [2.24, 2.45) is 0 Å². The van der Waals surface area contributed by atoms with Crippen LogP contribution in [0.1, 0.15) is 12.1 Å². The fourth-order valence-corrected chi connectivity index (χ4v) is 2.50. The molecule has 1 aliphatic rings. The molecular formula is C13H17N5O4. The lowest BCUT2D eigenvalue weighted by Gasteiger charge is -2.16. The molecule has 2 aromatic heterocycles. The third-order valence-electron chi connectivity index (χ3n) is 3.61. The van der Waals surface area contributed by atoms with Crippen LogP contribution < -0.4 is 5.73 Å². The number of aliphatic hydroxyl groups is 3. The van der Waals surface area contributed by atoms with E-state index < -0.39 is 31.1 Å². The van der Waals surface area contributed by atoms with Gasteiger partial charge in [0.2, 0.25) is 0 Å². The van der Waals surface area contributed by atoms with Gasteiger partial charge in [-0.2, -0.15) is 0 Å². The number of aliphatic hydroxyl groups excluding tert-OH is 3. The highest BCUT2D eigenvalue weighted by Crippen LogP contribution is 2.31. The number of anilines is 1. The lowest BCUT2D eigenvalue weighted by molar-refractivity contribution is -0.0511. The predicted octanol–water partition coefficient (Wildman–Crippen LogP) is -1.25. The Hall–Kier alpha value is -2.07. The molecular weight excluding hydrogens is 290 g/mol. The Morgan fingerprint density at radius 3 is 2.77 bits per heavy atom. The first-order valence-corrected chi connectivity index (χ1v) is 6.79. The first-order valence-electron chi connectivity index (χ1n) is 6.79. The molecule has 3 rings (SSSR count). The van der Waals surface area contributed by atoms with Gasteiger partial charge in [-0.25, -0.2) is 15.0 Å². The Balaban J connectivity index is 2.06. The molecule has 0 amide bonds. The number of imidazole rings is 1.